The van der Waals surface area contributed by atoms with E-state index >= 15 is 0 Å². The van der Waals surface area contributed by atoms with Crippen LogP contribution in [0.3, 0.4) is 0 Å². The largest absolute Gasteiger partial charge is 0.372 e. The predicted molar refractivity (Wildman–Crippen MR) is 71.5 cm³/mol. The number of nitrogens with one attached hydrogen (secondary N) is 1. The lowest BCUT2D eigenvalue weighted by molar-refractivity contribution is 0.0189. The van der Waals surface area contributed by atoms with E-state index in [0.717, 1.165) is 18.0 Å². The van der Waals surface area contributed by atoms with Crippen molar-refractivity contribution < 1.29 is 4.74 Å². The Morgan fingerprint density at radius 1 is 1.53 bits per heavy atom. The Hall–Kier alpha value is -0.450. The zero-order valence-corrected chi connectivity index (χ0v) is 12.0. The van der Waals surface area contributed by atoms with Gasteiger partial charge in [-0.15, -0.1) is 11.3 Å². The molecule has 0 radical (unpaired) electrons. The fourth-order valence-corrected chi connectivity index (χ4v) is 3.51. The first-order chi connectivity index (χ1) is 8.08. The van der Waals surface area contributed by atoms with Gasteiger partial charge in [-0.2, -0.15) is 0 Å². The Balaban J connectivity index is 2.30. The van der Waals surface area contributed by atoms with Crippen molar-refractivity contribution in [1.82, 2.24) is 10.3 Å². The van der Waals surface area contributed by atoms with E-state index in [1.54, 1.807) is 7.11 Å². The summed E-state index contributed by atoms with van der Waals surface area (Å²) in [6, 6.07) is 0.502. The van der Waals surface area contributed by atoms with E-state index in [1.807, 2.05) is 11.3 Å². The number of aromatic nitrogens is 1. The van der Waals surface area contributed by atoms with Crippen LogP contribution in [0.25, 0.3) is 0 Å². The summed E-state index contributed by atoms with van der Waals surface area (Å²) in [5.41, 5.74) is 1.02. The van der Waals surface area contributed by atoms with Gasteiger partial charge < -0.3 is 10.1 Å². The smallest absolute Gasteiger partial charge is 0.125 e. The average Bonchev–Trinajstić information content (AvgIpc) is 2.75. The molecule has 1 aliphatic carbocycles. The van der Waals surface area contributed by atoms with Crippen LogP contribution in [0.1, 0.15) is 55.2 Å². The highest BCUT2D eigenvalue weighted by Crippen LogP contribution is 2.38. The van der Waals surface area contributed by atoms with Crippen LogP contribution in [-0.4, -0.2) is 18.6 Å². The van der Waals surface area contributed by atoms with Crippen molar-refractivity contribution in [3.63, 3.8) is 0 Å². The van der Waals surface area contributed by atoms with Crippen LogP contribution in [0.5, 0.6) is 0 Å². The standard InChI is InChI=1S/C13H22N2OS/c1-5-14-9-7-6-8-10-11(9)17-12(15-10)13(2,3)16-4/h9,14H,5-8H2,1-4H3. The molecule has 0 amide bonds. The Labute approximate surface area is 108 Å². The monoisotopic (exact) mass is 254 g/mol. The molecule has 0 fully saturated rings. The van der Waals surface area contributed by atoms with Gasteiger partial charge in [-0.05, 0) is 39.7 Å². The fourth-order valence-electron chi connectivity index (χ4n) is 2.21. The van der Waals surface area contributed by atoms with Crippen LogP contribution in [0.15, 0.2) is 0 Å². The molecule has 1 atom stereocenters. The minimum atomic E-state index is -0.265. The van der Waals surface area contributed by atoms with Gasteiger partial charge in [0.05, 0.1) is 5.69 Å². The summed E-state index contributed by atoms with van der Waals surface area (Å²) >= 11 is 1.82. The molecule has 0 aromatic carbocycles. The first-order valence-corrected chi connectivity index (χ1v) is 7.18. The second kappa shape index (κ2) is 5.04. The maximum atomic E-state index is 5.52. The van der Waals surface area contributed by atoms with Gasteiger partial charge in [-0.1, -0.05) is 6.92 Å². The molecule has 17 heavy (non-hydrogen) atoms. The fraction of sp³-hybridized carbons (Fsp3) is 0.769. The van der Waals surface area contributed by atoms with Crippen LogP contribution in [-0.2, 0) is 16.8 Å². The van der Waals surface area contributed by atoms with Gasteiger partial charge in [-0.3, -0.25) is 0 Å². The highest BCUT2D eigenvalue weighted by atomic mass is 32.1. The van der Waals surface area contributed by atoms with E-state index in [0.29, 0.717) is 6.04 Å². The number of ether oxygens (including phenoxy) is 1. The van der Waals surface area contributed by atoms with E-state index < -0.39 is 0 Å². The summed E-state index contributed by atoms with van der Waals surface area (Å²) in [7, 11) is 1.75. The third-order valence-electron chi connectivity index (χ3n) is 3.43. The molecule has 3 nitrogen and oxygen atoms in total. The van der Waals surface area contributed by atoms with Gasteiger partial charge in [0, 0.05) is 18.0 Å². The second-order valence-electron chi connectivity index (χ2n) is 5.05. The zero-order valence-electron chi connectivity index (χ0n) is 11.2. The summed E-state index contributed by atoms with van der Waals surface area (Å²) in [5, 5.41) is 4.66. The maximum absolute atomic E-state index is 5.52. The first kappa shape index (κ1) is 13.0. The Morgan fingerprint density at radius 2 is 2.29 bits per heavy atom. The molecule has 2 rings (SSSR count). The average molecular weight is 254 g/mol. The molecule has 0 bridgehead atoms. The summed E-state index contributed by atoms with van der Waals surface area (Å²) in [6.45, 7) is 7.35. The van der Waals surface area contributed by atoms with Gasteiger partial charge in [0.15, 0.2) is 0 Å². The summed E-state index contributed by atoms with van der Waals surface area (Å²) in [4.78, 5) is 6.21. The Kier molecular flexibility index (Phi) is 3.85. The summed E-state index contributed by atoms with van der Waals surface area (Å²) in [5.74, 6) is 0. The molecule has 96 valence electrons. The molecule has 1 aliphatic rings. The van der Waals surface area contributed by atoms with Gasteiger partial charge in [0.2, 0.25) is 0 Å². The molecule has 0 spiro atoms. The highest BCUT2D eigenvalue weighted by molar-refractivity contribution is 7.12. The van der Waals surface area contributed by atoms with Crippen molar-refractivity contribution >= 4 is 11.3 Å². The molecule has 1 unspecified atom stereocenters. The number of fused-ring (bicyclic) bond motifs is 1. The van der Waals surface area contributed by atoms with Crippen LogP contribution >= 0.6 is 11.3 Å². The number of hydrogen-bond donors (Lipinski definition) is 1. The quantitative estimate of drug-likeness (QED) is 0.897. The predicted octanol–water partition coefficient (Wildman–Crippen LogP) is 3.01. The highest BCUT2D eigenvalue weighted by Gasteiger charge is 2.30. The lowest BCUT2D eigenvalue weighted by Gasteiger charge is -2.21. The molecule has 4 heteroatoms. The van der Waals surface area contributed by atoms with E-state index in [1.165, 1.54) is 23.4 Å². The number of thiazole rings is 1. The van der Waals surface area contributed by atoms with Crippen LogP contribution in [0.4, 0.5) is 0 Å². The van der Waals surface area contributed by atoms with E-state index in [9.17, 15) is 0 Å². The Bertz CT molecular complexity index is 387. The van der Waals surface area contributed by atoms with Crippen molar-refractivity contribution in [1.29, 1.82) is 0 Å². The molecule has 1 aromatic heterocycles. The van der Waals surface area contributed by atoms with Crippen molar-refractivity contribution in [2.24, 2.45) is 0 Å². The number of methoxy groups -OCH3 is 1. The lowest BCUT2D eigenvalue weighted by atomic mass is 9.98. The molecule has 0 aliphatic heterocycles. The molecule has 1 aromatic rings. The zero-order chi connectivity index (χ0) is 12.5. The lowest BCUT2D eigenvalue weighted by Crippen LogP contribution is -2.23. The number of rotatable bonds is 4. The minimum Gasteiger partial charge on any atom is -0.372 e. The number of nitrogens with zero attached hydrogens (tertiary/aromatic N) is 1. The minimum absolute atomic E-state index is 0.265. The molecule has 1 heterocycles. The number of hydrogen-bond acceptors (Lipinski definition) is 4. The van der Waals surface area contributed by atoms with Crippen molar-refractivity contribution in [2.45, 2.75) is 51.7 Å². The van der Waals surface area contributed by atoms with E-state index in [4.69, 9.17) is 9.72 Å². The summed E-state index contributed by atoms with van der Waals surface area (Å²) < 4.78 is 5.52. The second-order valence-corrected chi connectivity index (χ2v) is 6.08. The van der Waals surface area contributed by atoms with Gasteiger partial charge in [0.1, 0.15) is 10.6 Å². The topological polar surface area (TPSA) is 34.2 Å². The van der Waals surface area contributed by atoms with Crippen molar-refractivity contribution in [3.05, 3.63) is 15.6 Å². The van der Waals surface area contributed by atoms with Gasteiger partial charge in [0.25, 0.3) is 0 Å². The third-order valence-corrected chi connectivity index (χ3v) is 4.94. The third kappa shape index (κ3) is 2.54. The van der Waals surface area contributed by atoms with Gasteiger partial charge in [-0.25, -0.2) is 4.98 Å². The molecular weight excluding hydrogens is 232 g/mol. The molecule has 0 saturated carbocycles. The SMILES string of the molecule is CCNC1CCCc2nc(C(C)(C)OC)sc21. The van der Waals surface area contributed by atoms with E-state index in [2.05, 4.69) is 26.1 Å². The number of aryl methyl sites for hydroxylation is 1. The Morgan fingerprint density at radius 3 is 2.94 bits per heavy atom. The van der Waals surface area contributed by atoms with Crippen LogP contribution in [0, 0.1) is 0 Å². The molecular formula is C13H22N2OS. The first-order valence-electron chi connectivity index (χ1n) is 6.37. The van der Waals surface area contributed by atoms with Crippen molar-refractivity contribution in [2.75, 3.05) is 13.7 Å². The van der Waals surface area contributed by atoms with Crippen LogP contribution < -0.4 is 5.32 Å². The normalized spacial score (nSPS) is 20.4. The van der Waals surface area contributed by atoms with Gasteiger partial charge >= 0.3 is 0 Å². The maximum Gasteiger partial charge on any atom is 0.125 e. The molecule has 1 N–H and O–H groups in total. The molecule has 0 saturated heterocycles. The van der Waals surface area contributed by atoms with Crippen LogP contribution in [0.2, 0.25) is 0 Å². The van der Waals surface area contributed by atoms with E-state index in [-0.39, 0.29) is 5.60 Å². The van der Waals surface area contributed by atoms with Crippen molar-refractivity contribution in [3.8, 4) is 0 Å². The summed E-state index contributed by atoms with van der Waals surface area (Å²) in [6.07, 6.45) is 3.59.